The number of fused-ring (bicyclic) bond motifs is 2. The molecule has 0 fully saturated rings. The van der Waals surface area contributed by atoms with Crippen LogP contribution < -0.4 is 5.32 Å². The van der Waals surface area contributed by atoms with Gasteiger partial charge >= 0.3 is 0 Å². The van der Waals surface area contributed by atoms with E-state index in [0.29, 0.717) is 19.4 Å². The van der Waals surface area contributed by atoms with Crippen LogP contribution in [0.25, 0.3) is 16.6 Å². The van der Waals surface area contributed by atoms with Crippen molar-refractivity contribution in [1.29, 1.82) is 0 Å². The quantitative estimate of drug-likeness (QED) is 0.569. The summed E-state index contributed by atoms with van der Waals surface area (Å²) in [5.41, 5.74) is 3.11. The predicted molar refractivity (Wildman–Crippen MR) is 96.3 cm³/mol. The van der Waals surface area contributed by atoms with Crippen LogP contribution in [0.1, 0.15) is 17.8 Å². The zero-order chi connectivity index (χ0) is 17.1. The van der Waals surface area contributed by atoms with Crippen molar-refractivity contribution < 1.29 is 4.79 Å². The van der Waals surface area contributed by atoms with Gasteiger partial charge in [0.2, 0.25) is 5.91 Å². The lowest BCUT2D eigenvalue weighted by Gasteiger charge is -2.04. The number of nitrogens with zero attached hydrogens (tertiary/aromatic N) is 3. The zero-order valence-corrected chi connectivity index (χ0v) is 13.8. The summed E-state index contributed by atoms with van der Waals surface area (Å²) in [4.78, 5) is 15.3. The first-order valence-electron chi connectivity index (χ1n) is 8.41. The number of hydrogen-bond acceptors (Lipinski definition) is 3. The molecular weight excluding hydrogens is 314 g/mol. The summed E-state index contributed by atoms with van der Waals surface area (Å²) in [6.45, 7) is 0.558. The van der Waals surface area contributed by atoms with Gasteiger partial charge in [-0.05, 0) is 30.2 Å². The minimum atomic E-state index is 0.0547. The minimum Gasteiger partial charge on any atom is -0.361 e. The van der Waals surface area contributed by atoms with Crippen LogP contribution in [0.15, 0.2) is 54.9 Å². The maximum absolute atomic E-state index is 12.1. The average Bonchev–Trinajstić information content (AvgIpc) is 3.24. The van der Waals surface area contributed by atoms with E-state index in [2.05, 4.69) is 26.6 Å². The number of amides is 1. The Morgan fingerprint density at radius 1 is 1.08 bits per heavy atom. The Labute approximate surface area is 144 Å². The lowest BCUT2D eigenvalue weighted by molar-refractivity contribution is -0.121. The fourth-order valence-electron chi connectivity index (χ4n) is 3.05. The number of para-hydroxylation sites is 1. The van der Waals surface area contributed by atoms with Gasteiger partial charge in [-0.1, -0.05) is 24.3 Å². The third-order valence-corrected chi connectivity index (χ3v) is 4.35. The highest BCUT2D eigenvalue weighted by atomic mass is 16.1. The van der Waals surface area contributed by atoms with E-state index < -0.39 is 0 Å². The van der Waals surface area contributed by atoms with E-state index in [1.54, 1.807) is 0 Å². The number of pyridine rings is 1. The second kappa shape index (κ2) is 6.76. The molecular formula is C19H19N5O. The van der Waals surface area contributed by atoms with Crippen molar-refractivity contribution >= 4 is 22.5 Å². The Morgan fingerprint density at radius 2 is 1.96 bits per heavy atom. The summed E-state index contributed by atoms with van der Waals surface area (Å²) >= 11 is 0. The van der Waals surface area contributed by atoms with Gasteiger partial charge < -0.3 is 10.3 Å². The molecule has 3 heterocycles. The number of nitrogens with one attached hydrogen (secondary N) is 2. The lowest BCUT2D eigenvalue weighted by Crippen LogP contribution is -2.26. The largest absolute Gasteiger partial charge is 0.361 e. The van der Waals surface area contributed by atoms with Crippen LogP contribution >= 0.6 is 0 Å². The number of aryl methyl sites for hydroxylation is 1. The van der Waals surface area contributed by atoms with E-state index in [1.165, 1.54) is 10.9 Å². The number of benzene rings is 1. The Hall–Kier alpha value is -3.15. The highest BCUT2D eigenvalue weighted by Gasteiger charge is 2.08. The molecule has 0 aliphatic carbocycles. The summed E-state index contributed by atoms with van der Waals surface area (Å²) in [7, 11) is 0. The van der Waals surface area contributed by atoms with Crippen molar-refractivity contribution in [3.05, 3.63) is 66.2 Å². The van der Waals surface area contributed by atoms with Crippen molar-refractivity contribution in [3.63, 3.8) is 0 Å². The van der Waals surface area contributed by atoms with E-state index in [1.807, 2.05) is 53.2 Å². The monoisotopic (exact) mass is 333 g/mol. The van der Waals surface area contributed by atoms with E-state index in [0.717, 1.165) is 23.4 Å². The van der Waals surface area contributed by atoms with Crippen LogP contribution in [0, 0.1) is 0 Å². The maximum Gasteiger partial charge on any atom is 0.220 e. The summed E-state index contributed by atoms with van der Waals surface area (Å²) in [5.74, 6) is 0.909. The van der Waals surface area contributed by atoms with E-state index >= 15 is 0 Å². The third kappa shape index (κ3) is 3.24. The standard InChI is InChI=1S/C19H19N5O/c25-19(9-8-14-13-21-16-6-2-1-5-15(14)16)20-11-10-18-23-22-17-7-3-4-12-24(17)18/h1-7,12-13,21H,8-11H2,(H,20,25). The van der Waals surface area contributed by atoms with Crippen LogP contribution in [0.3, 0.4) is 0 Å². The number of H-pyrrole nitrogens is 1. The van der Waals surface area contributed by atoms with Crippen LogP contribution in [-0.4, -0.2) is 32.0 Å². The van der Waals surface area contributed by atoms with Crippen LogP contribution in [0.5, 0.6) is 0 Å². The number of rotatable bonds is 6. The first-order valence-corrected chi connectivity index (χ1v) is 8.41. The van der Waals surface area contributed by atoms with Crippen LogP contribution in [0.2, 0.25) is 0 Å². The van der Waals surface area contributed by atoms with E-state index in [9.17, 15) is 4.79 Å². The Bertz CT molecular complexity index is 1020. The molecule has 6 nitrogen and oxygen atoms in total. The average molecular weight is 333 g/mol. The normalized spacial score (nSPS) is 11.2. The summed E-state index contributed by atoms with van der Waals surface area (Å²) in [6, 6.07) is 13.9. The Morgan fingerprint density at radius 3 is 2.92 bits per heavy atom. The van der Waals surface area contributed by atoms with Crippen molar-refractivity contribution in [2.75, 3.05) is 6.54 Å². The van der Waals surface area contributed by atoms with Crippen molar-refractivity contribution in [1.82, 2.24) is 24.9 Å². The first-order chi connectivity index (χ1) is 12.3. The van der Waals surface area contributed by atoms with Gasteiger partial charge in [-0.25, -0.2) is 0 Å². The van der Waals surface area contributed by atoms with Gasteiger partial charge in [0.25, 0.3) is 0 Å². The smallest absolute Gasteiger partial charge is 0.220 e. The van der Waals surface area contributed by atoms with E-state index in [4.69, 9.17) is 0 Å². The second-order valence-corrected chi connectivity index (χ2v) is 6.00. The molecule has 126 valence electrons. The molecule has 3 aromatic heterocycles. The minimum absolute atomic E-state index is 0.0547. The highest BCUT2D eigenvalue weighted by molar-refractivity contribution is 5.84. The van der Waals surface area contributed by atoms with Crippen molar-refractivity contribution in [3.8, 4) is 0 Å². The molecule has 6 heteroatoms. The third-order valence-electron chi connectivity index (χ3n) is 4.35. The summed E-state index contributed by atoms with van der Waals surface area (Å²) in [5, 5.41) is 12.4. The molecule has 1 amide bonds. The summed E-state index contributed by atoms with van der Waals surface area (Å²) in [6.07, 6.45) is 5.78. The van der Waals surface area contributed by atoms with Gasteiger partial charge in [0.05, 0.1) is 0 Å². The van der Waals surface area contributed by atoms with Crippen LogP contribution in [0.4, 0.5) is 0 Å². The molecule has 0 aliphatic rings. The highest BCUT2D eigenvalue weighted by Crippen LogP contribution is 2.18. The molecule has 0 bridgehead atoms. The van der Waals surface area contributed by atoms with Gasteiger partial charge in [0, 0.05) is 42.7 Å². The molecule has 1 aromatic carbocycles. The molecule has 4 rings (SSSR count). The van der Waals surface area contributed by atoms with Gasteiger partial charge in [0.1, 0.15) is 5.82 Å². The van der Waals surface area contributed by atoms with E-state index in [-0.39, 0.29) is 5.91 Å². The molecule has 4 aromatic rings. The maximum atomic E-state index is 12.1. The SMILES string of the molecule is O=C(CCc1c[nH]c2ccccc12)NCCc1nnc2ccccn12. The zero-order valence-electron chi connectivity index (χ0n) is 13.8. The number of aromatic amines is 1. The lowest BCUT2D eigenvalue weighted by atomic mass is 10.1. The number of hydrogen-bond donors (Lipinski definition) is 2. The number of carbonyl (C=O) groups is 1. The Balaban J connectivity index is 1.29. The molecule has 0 atom stereocenters. The first kappa shape index (κ1) is 15.4. The molecule has 25 heavy (non-hydrogen) atoms. The van der Waals surface area contributed by atoms with Gasteiger partial charge in [-0.2, -0.15) is 0 Å². The summed E-state index contributed by atoms with van der Waals surface area (Å²) < 4.78 is 1.94. The fourth-order valence-corrected chi connectivity index (χ4v) is 3.05. The Kier molecular flexibility index (Phi) is 4.16. The number of aromatic nitrogens is 4. The molecule has 0 spiro atoms. The van der Waals surface area contributed by atoms with Crippen LogP contribution in [-0.2, 0) is 17.6 Å². The van der Waals surface area contributed by atoms with Gasteiger partial charge in [0.15, 0.2) is 5.65 Å². The number of carbonyl (C=O) groups excluding carboxylic acids is 1. The molecule has 2 N–H and O–H groups in total. The molecule has 0 aliphatic heterocycles. The van der Waals surface area contributed by atoms with Gasteiger partial charge in [-0.3, -0.25) is 9.20 Å². The second-order valence-electron chi connectivity index (χ2n) is 6.00. The van der Waals surface area contributed by atoms with Gasteiger partial charge in [-0.15, -0.1) is 10.2 Å². The molecule has 0 radical (unpaired) electrons. The molecule has 0 unspecified atom stereocenters. The molecule has 0 saturated heterocycles. The van der Waals surface area contributed by atoms with Crippen molar-refractivity contribution in [2.45, 2.75) is 19.3 Å². The molecule has 0 saturated carbocycles. The predicted octanol–water partition coefficient (Wildman–Crippen LogP) is 2.50. The fraction of sp³-hybridized carbons (Fsp3) is 0.211. The van der Waals surface area contributed by atoms with Crippen molar-refractivity contribution in [2.24, 2.45) is 0 Å². The topological polar surface area (TPSA) is 75.1 Å².